The van der Waals surface area contributed by atoms with E-state index in [1.165, 1.54) is 39.9 Å². The molecule has 0 fully saturated rings. The quantitative estimate of drug-likeness (QED) is 0.380. The van der Waals surface area contributed by atoms with Crippen LogP contribution in [0, 0.1) is 11.8 Å². The first kappa shape index (κ1) is 27.8. The van der Waals surface area contributed by atoms with Crippen LogP contribution in [0.1, 0.15) is 55.3 Å². The van der Waals surface area contributed by atoms with Crippen LogP contribution in [0.5, 0.6) is 0 Å². The summed E-state index contributed by atoms with van der Waals surface area (Å²) in [5.74, 6) is -0.504. The monoisotopic (exact) mass is 531 g/mol. The molecule has 194 valence electrons. The van der Waals surface area contributed by atoms with E-state index < -0.39 is 21.9 Å². The van der Waals surface area contributed by atoms with Gasteiger partial charge >= 0.3 is 5.97 Å². The predicted molar refractivity (Wildman–Crippen MR) is 142 cm³/mol. The van der Waals surface area contributed by atoms with Crippen molar-refractivity contribution in [3.8, 4) is 0 Å². The Bertz CT molecular complexity index is 1410. The van der Waals surface area contributed by atoms with Crippen LogP contribution < -0.4 is 4.80 Å². The first-order valence-corrected chi connectivity index (χ1v) is 14.2. The average Bonchev–Trinajstić information content (AvgIpc) is 3.12. The fraction of sp³-hybridized carbons (Fsp3) is 0.423. The van der Waals surface area contributed by atoms with Crippen LogP contribution in [-0.4, -0.2) is 48.9 Å². The number of hydrogen-bond acceptors (Lipinski definition) is 6. The molecule has 0 radical (unpaired) electrons. The molecule has 0 atom stereocenters. The van der Waals surface area contributed by atoms with E-state index in [9.17, 15) is 18.0 Å². The second kappa shape index (κ2) is 11.5. The minimum atomic E-state index is -3.68. The molecule has 3 rings (SSSR count). The number of amides is 1. The van der Waals surface area contributed by atoms with Gasteiger partial charge in [-0.25, -0.2) is 13.2 Å². The zero-order valence-electron chi connectivity index (χ0n) is 21.5. The van der Waals surface area contributed by atoms with Crippen molar-refractivity contribution in [2.45, 2.75) is 39.5 Å². The van der Waals surface area contributed by atoms with E-state index in [4.69, 9.17) is 4.74 Å². The van der Waals surface area contributed by atoms with Crippen molar-refractivity contribution in [1.29, 1.82) is 0 Å². The number of fused-ring (bicyclic) bond motifs is 1. The van der Waals surface area contributed by atoms with Crippen LogP contribution in [0.25, 0.3) is 10.2 Å². The van der Waals surface area contributed by atoms with Crippen molar-refractivity contribution in [2.75, 3.05) is 19.7 Å². The van der Waals surface area contributed by atoms with Gasteiger partial charge in [0.25, 0.3) is 5.91 Å². The number of nitrogens with zero attached hydrogens (tertiary/aromatic N) is 3. The van der Waals surface area contributed by atoms with Crippen molar-refractivity contribution >= 4 is 43.5 Å². The molecule has 0 saturated carbocycles. The highest BCUT2D eigenvalue weighted by atomic mass is 32.2. The highest BCUT2D eigenvalue weighted by molar-refractivity contribution is 7.89. The summed E-state index contributed by atoms with van der Waals surface area (Å²) in [5, 5.41) is 0. The second-order valence-corrected chi connectivity index (χ2v) is 12.3. The molecule has 8 nitrogen and oxygen atoms in total. The molecule has 0 aliphatic carbocycles. The maximum absolute atomic E-state index is 13.2. The fourth-order valence-corrected chi connectivity index (χ4v) is 6.56. The van der Waals surface area contributed by atoms with Gasteiger partial charge in [-0.2, -0.15) is 9.30 Å². The predicted octanol–water partition coefficient (Wildman–Crippen LogP) is 4.46. The summed E-state index contributed by atoms with van der Waals surface area (Å²) >= 11 is 1.28. The second-order valence-electron chi connectivity index (χ2n) is 9.40. The Labute approximate surface area is 216 Å². The Morgan fingerprint density at radius 1 is 1.00 bits per heavy atom. The van der Waals surface area contributed by atoms with E-state index in [1.54, 1.807) is 36.7 Å². The minimum absolute atomic E-state index is 0.152. The molecule has 1 aromatic heterocycles. The van der Waals surface area contributed by atoms with Gasteiger partial charge in [0.15, 0.2) is 4.80 Å². The highest BCUT2D eigenvalue weighted by Crippen LogP contribution is 2.21. The summed E-state index contributed by atoms with van der Waals surface area (Å²) in [4.78, 5) is 29.8. The Kier molecular flexibility index (Phi) is 8.86. The van der Waals surface area contributed by atoms with Gasteiger partial charge in [0.05, 0.1) is 27.3 Å². The molecule has 3 aromatic rings. The van der Waals surface area contributed by atoms with Gasteiger partial charge in [0.1, 0.15) is 0 Å². The van der Waals surface area contributed by atoms with Gasteiger partial charge in [-0.05, 0) is 61.2 Å². The van der Waals surface area contributed by atoms with Crippen molar-refractivity contribution in [2.24, 2.45) is 23.9 Å². The third-order valence-corrected chi connectivity index (χ3v) is 8.33. The number of benzene rings is 2. The van der Waals surface area contributed by atoms with Crippen LogP contribution in [0.3, 0.4) is 0 Å². The number of hydrogen-bond donors (Lipinski definition) is 0. The van der Waals surface area contributed by atoms with Crippen molar-refractivity contribution in [3.63, 3.8) is 0 Å². The first-order chi connectivity index (χ1) is 16.9. The largest absolute Gasteiger partial charge is 0.462 e. The molecule has 2 aromatic carbocycles. The number of ether oxygens (including phenoxy) is 1. The summed E-state index contributed by atoms with van der Waals surface area (Å²) in [6.07, 6.45) is 0. The zero-order chi connectivity index (χ0) is 26.6. The van der Waals surface area contributed by atoms with Crippen molar-refractivity contribution < 1.29 is 22.7 Å². The van der Waals surface area contributed by atoms with Crippen LogP contribution in [0.2, 0.25) is 0 Å². The maximum atomic E-state index is 13.2. The Hall–Kier alpha value is -2.82. The summed E-state index contributed by atoms with van der Waals surface area (Å²) in [5.41, 5.74) is 1.55. The Balaban J connectivity index is 1.89. The molecule has 0 unspecified atom stereocenters. The number of sulfonamides is 1. The van der Waals surface area contributed by atoms with Crippen LogP contribution in [-0.2, 0) is 21.8 Å². The molecular weight excluding hydrogens is 498 g/mol. The molecule has 0 bridgehead atoms. The molecule has 1 amide bonds. The van der Waals surface area contributed by atoms with Gasteiger partial charge in [0.2, 0.25) is 10.0 Å². The molecule has 10 heteroatoms. The average molecular weight is 532 g/mol. The summed E-state index contributed by atoms with van der Waals surface area (Å²) in [6.45, 7) is 10.8. The molecule has 36 heavy (non-hydrogen) atoms. The molecule has 0 saturated heterocycles. The molecule has 0 spiro atoms. The van der Waals surface area contributed by atoms with Gasteiger partial charge in [0, 0.05) is 25.7 Å². The number of aromatic nitrogens is 1. The van der Waals surface area contributed by atoms with Gasteiger partial charge < -0.3 is 9.30 Å². The smallest absolute Gasteiger partial charge is 0.338 e. The lowest BCUT2D eigenvalue weighted by atomic mass is 10.2. The maximum Gasteiger partial charge on any atom is 0.338 e. The van der Waals surface area contributed by atoms with Crippen molar-refractivity contribution in [1.82, 2.24) is 8.87 Å². The van der Waals surface area contributed by atoms with E-state index in [1.807, 2.05) is 27.7 Å². The van der Waals surface area contributed by atoms with Crippen LogP contribution >= 0.6 is 11.3 Å². The highest BCUT2D eigenvalue weighted by Gasteiger charge is 2.26. The van der Waals surface area contributed by atoms with E-state index in [-0.39, 0.29) is 28.9 Å². The summed E-state index contributed by atoms with van der Waals surface area (Å²) in [6, 6.07) is 11.1. The van der Waals surface area contributed by atoms with Crippen LogP contribution in [0.15, 0.2) is 52.4 Å². The fourth-order valence-electron chi connectivity index (χ4n) is 3.74. The van der Waals surface area contributed by atoms with Gasteiger partial charge in [-0.15, -0.1) is 0 Å². The Morgan fingerprint density at radius 3 is 2.14 bits per heavy atom. The first-order valence-electron chi connectivity index (χ1n) is 11.9. The molecule has 0 aliphatic heterocycles. The summed E-state index contributed by atoms with van der Waals surface area (Å²) in [7, 11) is -1.89. The third kappa shape index (κ3) is 6.29. The van der Waals surface area contributed by atoms with E-state index in [0.717, 1.165) is 10.2 Å². The molecule has 0 aliphatic rings. The van der Waals surface area contributed by atoms with E-state index in [0.29, 0.717) is 23.5 Å². The molecular formula is C26H33N3O5S2. The third-order valence-electron chi connectivity index (χ3n) is 5.39. The number of carbonyl (C=O) groups is 2. The number of aryl methyl sites for hydroxylation is 1. The summed E-state index contributed by atoms with van der Waals surface area (Å²) < 4.78 is 35.6. The molecule has 0 N–H and O–H groups in total. The number of rotatable bonds is 9. The van der Waals surface area contributed by atoms with Gasteiger partial charge in [-0.1, -0.05) is 39.0 Å². The minimum Gasteiger partial charge on any atom is -0.462 e. The zero-order valence-corrected chi connectivity index (χ0v) is 23.1. The number of thiazole rings is 1. The van der Waals surface area contributed by atoms with Gasteiger partial charge in [-0.3, -0.25) is 4.79 Å². The Morgan fingerprint density at radius 2 is 1.58 bits per heavy atom. The number of carbonyl (C=O) groups excluding carboxylic acids is 2. The normalized spacial score (nSPS) is 12.8. The standard InChI is InChI=1S/C26H33N3O5S2/c1-7-34-25(31)20-10-13-22-23(14-20)35-26(28(22)6)27-24(30)19-8-11-21(12-9-19)36(32,33)29(15-17(2)3)16-18(4)5/h8-14,17-18H,7,15-16H2,1-6H3. The van der Waals surface area contributed by atoms with Crippen molar-refractivity contribution in [3.05, 3.63) is 58.4 Å². The lowest BCUT2D eigenvalue weighted by Gasteiger charge is -2.25. The van der Waals surface area contributed by atoms with Crippen LogP contribution in [0.4, 0.5) is 0 Å². The lowest BCUT2D eigenvalue weighted by Crippen LogP contribution is -2.37. The van der Waals surface area contributed by atoms with E-state index in [2.05, 4.69) is 4.99 Å². The lowest BCUT2D eigenvalue weighted by molar-refractivity contribution is 0.0526. The topological polar surface area (TPSA) is 98.0 Å². The number of esters is 1. The SMILES string of the molecule is CCOC(=O)c1ccc2c(c1)sc(=NC(=O)c1ccc(S(=O)(=O)N(CC(C)C)CC(C)C)cc1)n2C. The molecule has 1 heterocycles. The van der Waals surface area contributed by atoms with E-state index >= 15 is 0 Å².